The quantitative estimate of drug-likeness (QED) is 0.0839. The van der Waals surface area contributed by atoms with Gasteiger partial charge in [-0.1, -0.05) is 76.9 Å². The Labute approximate surface area is 199 Å². The van der Waals surface area contributed by atoms with Gasteiger partial charge in [0.25, 0.3) is 0 Å². The highest BCUT2D eigenvalue weighted by Crippen LogP contribution is 2.32. The molecule has 0 aromatic carbocycles. The number of hydrogen-bond donors (Lipinski definition) is 2. The molecule has 0 saturated heterocycles. The number of hydrogen-bond acceptors (Lipinski definition) is 6. The first-order chi connectivity index (χ1) is 15.7. The van der Waals surface area contributed by atoms with E-state index in [2.05, 4.69) is 24.4 Å². The molecule has 0 aromatic heterocycles. The van der Waals surface area contributed by atoms with Gasteiger partial charge in [0.2, 0.25) is 0 Å². The van der Waals surface area contributed by atoms with E-state index in [1.165, 1.54) is 83.5 Å². The van der Waals surface area contributed by atoms with Crippen molar-refractivity contribution >= 4 is 8.60 Å². The third-order valence-corrected chi connectivity index (χ3v) is 6.14. The van der Waals surface area contributed by atoms with Gasteiger partial charge in [-0.15, -0.1) is 0 Å². The van der Waals surface area contributed by atoms with Crippen LogP contribution in [-0.2, 0) is 18.5 Å². The SMILES string of the molecule is CCCCCCCC/C=C\CCCCCCCCOCC(COP(O)OCCNC)OC. The average molecular weight is 478 g/mol. The standard InChI is InChI=1S/C25H52NO5P/c1-4-5-6-7-8-9-10-11-12-13-14-15-16-17-18-19-21-29-23-25(28-3)24-31-32(27)30-22-20-26-2/h11-12,25-27H,4-10,13-24H2,1-3H3/b12-11-. The molecular formula is C25H52NO5P. The fraction of sp³-hybridized carbons (Fsp3) is 0.920. The number of nitrogens with one attached hydrogen (secondary N) is 1. The molecule has 0 heterocycles. The van der Waals surface area contributed by atoms with Crippen molar-refractivity contribution in [2.45, 2.75) is 103 Å². The normalized spacial score (nSPS) is 13.8. The topological polar surface area (TPSA) is 69.2 Å². The minimum atomic E-state index is -1.85. The summed E-state index contributed by atoms with van der Waals surface area (Å²) < 4.78 is 21.5. The van der Waals surface area contributed by atoms with Crippen LogP contribution in [0.3, 0.4) is 0 Å². The van der Waals surface area contributed by atoms with Crippen LogP contribution >= 0.6 is 8.60 Å². The van der Waals surface area contributed by atoms with E-state index in [0.29, 0.717) is 19.8 Å². The van der Waals surface area contributed by atoms with E-state index in [-0.39, 0.29) is 12.7 Å². The van der Waals surface area contributed by atoms with E-state index in [4.69, 9.17) is 18.5 Å². The van der Waals surface area contributed by atoms with Crippen LogP contribution in [0.2, 0.25) is 0 Å². The Morgan fingerprint density at radius 3 is 1.97 bits per heavy atom. The van der Waals surface area contributed by atoms with Crippen LogP contribution in [0.1, 0.15) is 96.8 Å². The fourth-order valence-corrected chi connectivity index (χ4v) is 3.88. The molecule has 0 radical (unpaired) electrons. The Hall–Kier alpha value is -0.0700. The zero-order valence-corrected chi connectivity index (χ0v) is 22.1. The molecule has 0 aromatic rings. The molecule has 6 nitrogen and oxygen atoms in total. The lowest BCUT2D eigenvalue weighted by Gasteiger charge is -2.17. The van der Waals surface area contributed by atoms with Gasteiger partial charge in [-0.25, -0.2) is 0 Å². The lowest BCUT2D eigenvalue weighted by Crippen LogP contribution is -2.24. The van der Waals surface area contributed by atoms with Crippen molar-refractivity contribution in [1.29, 1.82) is 0 Å². The second-order valence-electron chi connectivity index (χ2n) is 8.34. The molecule has 0 amide bonds. The van der Waals surface area contributed by atoms with Crippen LogP contribution in [0.5, 0.6) is 0 Å². The third-order valence-electron chi connectivity index (χ3n) is 5.36. The zero-order chi connectivity index (χ0) is 23.5. The molecular weight excluding hydrogens is 425 g/mol. The molecule has 2 unspecified atom stereocenters. The Kier molecular flexibility index (Phi) is 27.1. The Morgan fingerprint density at radius 1 is 0.781 bits per heavy atom. The fourth-order valence-electron chi connectivity index (χ4n) is 3.26. The van der Waals surface area contributed by atoms with Crippen molar-refractivity contribution < 1.29 is 23.4 Å². The van der Waals surface area contributed by atoms with Gasteiger partial charge in [0.1, 0.15) is 6.10 Å². The first-order valence-electron chi connectivity index (χ1n) is 12.9. The zero-order valence-electron chi connectivity index (χ0n) is 21.2. The predicted molar refractivity (Wildman–Crippen MR) is 136 cm³/mol. The molecule has 192 valence electrons. The van der Waals surface area contributed by atoms with Crippen molar-refractivity contribution in [3.63, 3.8) is 0 Å². The summed E-state index contributed by atoms with van der Waals surface area (Å²) in [5.74, 6) is 0. The van der Waals surface area contributed by atoms with E-state index in [0.717, 1.165) is 13.0 Å². The lowest BCUT2D eigenvalue weighted by molar-refractivity contribution is -0.0182. The Balaban J connectivity index is 3.35. The van der Waals surface area contributed by atoms with E-state index in [1.54, 1.807) is 7.11 Å². The molecule has 2 atom stereocenters. The summed E-state index contributed by atoms with van der Waals surface area (Å²) in [4.78, 5) is 9.64. The second kappa shape index (κ2) is 27.2. The van der Waals surface area contributed by atoms with E-state index >= 15 is 0 Å². The first-order valence-corrected chi connectivity index (χ1v) is 14.0. The molecule has 32 heavy (non-hydrogen) atoms. The van der Waals surface area contributed by atoms with Gasteiger partial charge in [0.05, 0.1) is 19.8 Å². The molecule has 7 heteroatoms. The number of rotatable bonds is 26. The van der Waals surface area contributed by atoms with Crippen LogP contribution < -0.4 is 5.32 Å². The lowest BCUT2D eigenvalue weighted by atomic mass is 10.1. The molecule has 0 aliphatic carbocycles. The smallest absolute Gasteiger partial charge is 0.329 e. The number of likely N-dealkylation sites (N-methyl/N-ethyl adjacent to an activating group) is 1. The molecule has 0 fully saturated rings. The van der Waals surface area contributed by atoms with Crippen LogP contribution in [-0.4, -0.2) is 58.1 Å². The summed E-state index contributed by atoms with van der Waals surface area (Å²) in [5.41, 5.74) is 0. The van der Waals surface area contributed by atoms with Gasteiger partial charge in [-0.3, -0.25) is 0 Å². The minimum Gasteiger partial charge on any atom is -0.379 e. The molecule has 0 bridgehead atoms. The summed E-state index contributed by atoms with van der Waals surface area (Å²) in [5, 5.41) is 2.95. The summed E-state index contributed by atoms with van der Waals surface area (Å²) in [7, 11) is 1.61. The van der Waals surface area contributed by atoms with Crippen molar-refractivity contribution in [3.8, 4) is 0 Å². The van der Waals surface area contributed by atoms with Crippen molar-refractivity contribution in [2.24, 2.45) is 0 Å². The first kappa shape index (κ1) is 31.9. The maximum atomic E-state index is 9.64. The number of unbranched alkanes of at least 4 members (excludes halogenated alkanes) is 12. The van der Waals surface area contributed by atoms with Gasteiger partial charge >= 0.3 is 8.60 Å². The maximum absolute atomic E-state index is 9.64. The number of allylic oxidation sites excluding steroid dienone is 2. The highest BCUT2D eigenvalue weighted by molar-refractivity contribution is 7.40. The maximum Gasteiger partial charge on any atom is 0.329 e. The summed E-state index contributed by atoms with van der Waals surface area (Å²) in [6, 6.07) is 0. The van der Waals surface area contributed by atoms with Gasteiger partial charge in [-0.05, 0) is 39.2 Å². The Morgan fingerprint density at radius 2 is 1.38 bits per heavy atom. The van der Waals surface area contributed by atoms with Crippen LogP contribution in [0, 0.1) is 0 Å². The van der Waals surface area contributed by atoms with E-state index in [1.807, 2.05) is 7.05 Å². The Bertz CT molecular complexity index is 387. The molecule has 0 aliphatic heterocycles. The highest BCUT2D eigenvalue weighted by Gasteiger charge is 2.13. The third kappa shape index (κ3) is 24.6. The van der Waals surface area contributed by atoms with Crippen molar-refractivity contribution in [3.05, 3.63) is 12.2 Å². The molecule has 0 spiro atoms. The second-order valence-corrected chi connectivity index (χ2v) is 9.33. The van der Waals surface area contributed by atoms with Gasteiger partial charge in [-0.2, -0.15) is 0 Å². The average Bonchev–Trinajstić information content (AvgIpc) is 2.80. The summed E-state index contributed by atoms with van der Waals surface area (Å²) in [6.45, 7) is 4.85. The monoisotopic (exact) mass is 477 g/mol. The van der Waals surface area contributed by atoms with Crippen LogP contribution in [0.15, 0.2) is 12.2 Å². The van der Waals surface area contributed by atoms with Gasteiger partial charge < -0.3 is 28.7 Å². The van der Waals surface area contributed by atoms with E-state index in [9.17, 15) is 4.89 Å². The van der Waals surface area contributed by atoms with Gasteiger partial charge in [0.15, 0.2) is 0 Å². The van der Waals surface area contributed by atoms with Crippen LogP contribution in [0.25, 0.3) is 0 Å². The molecule has 0 saturated carbocycles. The molecule has 0 rings (SSSR count). The van der Waals surface area contributed by atoms with Crippen LogP contribution in [0.4, 0.5) is 0 Å². The summed E-state index contributed by atoms with van der Waals surface area (Å²) in [6.07, 6.45) is 22.9. The summed E-state index contributed by atoms with van der Waals surface area (Å²) >= 11 is 0. The largest absolute Gasteiger partial charge is 0.379 e. The molecule has 0 aliphatic rings. The minimum absolute atomic E-state index is 0.186. The highest BCUT2D eigenvalue weighted by atomic mass is 31.2. The number of ether oxygens (including phenoxy) is 2. The predicted octanol–water partition coefficient (Wildman–Crippen LogP) is 6.53. The van der Waals surface area contributed by atoms with Crippen molar-refractivity contribution in [2.75, 3.05) is 47.1 Å². The van der Waals surface area contributed by atoms with Gasteiger partial charge in [0, 0.05) is 20.3 Å². The number of methoxy groups -OCH3 is 1. The van der Waals surface area contributed by atoms with Crippen molar-refractivity contribution in [1.82, 2.24) is 5.32 Å². The van der Waals surface area contributed by atoms with E-state index < -0.39 is 8.60 Å². The molecule has 2 N–H and O–H groups in total.